The minimum atomic E-state index is -0.434. The van der Waals surface area contributed by atoms with Crippen molar-refractivity contribution < 1.29 is 14.5 Å². The Morgan fingerprint density at radius 1 is 1.41 bits per heavy atom. The van der Waals surface area contributed by atoms with Crippen LogP contribution in [0.15, 0.2) is 42.0 Å². The zero-order valence-electron chi connectivity index (χ0n) is 9.46. The average Bonchev–Trinajstić information content (AvgIpc) is 2.29. The maximum absolute atomic E-state index is 11.5. The number of esters is 1. The van der Waals surface area contributed by atoms with Crippen molar-refractivity contribution in [3.05, 3.63) is 57.7 Å². The highest BCUT2D eigenvalue weighted by atomic mass is 16.6. The number of nitro groups is 1. The van der Waals surface area contributed by atoms with Crippen molar-refractivity contribution in [2.24, 2.45) is 0 Å². The van der Waals surface area contributed by atoms with Gasteiger partial charge < -0.3 is 4.74 Å². The number of carbonyl (C=O) groups is 1. The average molecular weight is 235 g/mol. The molecular formula is C12H13NO4. The summed E-state index contributed by atoms with van der Waals surface area (Å²) in [5.41, 5.74) is 1.03. The Morgan fingerprint density at radius 2 is 2.06 bits per heavy atom. The second-order valence-corrected chi connectivity index (χ2v) is 3.51. The number of benzene rings is 1. The molecule has 0 aliphatic carbocycles. The zero-order chi connectivity index (χ0) is 12.7. The molecule has 0 heterocycles. The van der Waals surface area contributed by atoms with Crippen LogP contribution in [0, 0.1) is 10.1 Å². The Hall–Kier alpha value is -2.17. The Bertz CT molecular complexity index is 425. The summed E-state index contributed by atoms with van der Waals surface area (Å²) in [4.78, 5) is 21.2. The molecule has 0 amide bonds. The van der Waals surface area contributed by atoms with Crippen molar-refractivity contribution in [2.75, 3.05) is 13.2 Å². The molecule has 0 atom stereocenters. The Labute approximate surface area is 98.9 Å². The number of carbonyl (C=O) groups excluding carboxylic acids is 1. The topological polar surface area (TPSA) is 69.4 Å². The molecule has 5 nitrogen and oxygen atoms in total. The molecule has 17 heavy (non-hydrogen) atoms. The van der Waals surface area contributed by atoms with Gasteiger partial charge in [-0.3, -0.25) is 10.1 Å². The fourth-order valence-corrected chi connectivity index (χ4v) is 1.19. The minimum Gasteiger partial charge on any atom is -0.458 e. The van der Waals surface area contributed by atoms with Crippen molar-refractivity contribution in [2.45, 2.75) is 6.92 Å². The van der Waals surface area contributed by atoms with Gasteiger partial charge in [0.05, 0.1) is 5.56 Å². The van der Waals surface area contributed by atoms with Gasteiger partial charge in [-0.15, -0.1) is 0 Å². The number of rotatable bonds is 5. The Morgan fingerprint density at radius 3 is 2.65 bits per heavy atom. The van der Waals surface area contributed by atoms with Gasteiger partial charge in [0.25, 0.3) is 0 Å². The monoisotopic (exact) mass is 235 g/mol. The van der Waals surface area contributed by atoms with Crippen LogP contribution in [0.2, 0.25) is 0 Å². The molecule has 0 bridgehead atoms. The summed E-state index contributed by atoms with van der Waals surface area (Å²) < 4.78 is 4.94. The van der Waals surface area contributed by atoms with Gasteiger partial charge in [0, 0.05) is 4.92 Å². The molecule has 0 fully saturated rings. The standard InChI is InChI=1S/C12H13NO4/c1-10(9-13(15)16)7-8-17-12(14)11-5-3-2-4-6-11/h2-7H,8-9H2,1H3. The van der Waals surface area contributed by atoms with Gasteiger partial charge in [-0.2, -0.15) is 0 Å². The van der Waals surface area contributed by atoms with E-state index in [9.17, 15) is 14.9 Å². The SMILES string of the molecule is CC(=CCOC(=O)c1ccccc1)C[N+](=O)[O-]. The van der Waals surface area contributed by atoms with Crippen LogP contribution in [-0.2, 0) is 4.74 Å². The molecule has 1 aromatic rings. The van der Waals surface area contributed by atoms with Crippen molar-refractivity contribution >= 4 is 5.97 Å². The molecular weight excluding hydrogens is 222 g/mol. The lowest BCUT2D eigenvalue weighted by atomic mass is 10.2. The van der Waals surface area contributed by atoms with E-state index in [2.05, 4.69) is 0 Å². The van der Waals surface area contributed by atoms with E-state index < -0.39 is 10.9 Å². The Kier molecular flexibility index (Phi) is 4.87. The molecule has 0 aromatic heterocycles. The number of hydrogen-bond donors (Lipinski definition) is 0. The van der Waals surface area contributed by atoms with E-state index in [-0.39, 0.29) is 13.2 Å². The van der Waals surface area contributed by atoms with Crippen LogP contribution >= 0.6 is 0 Å². The lowest BCUT2D eigenvalue weighted by Gasteiger charge is -2.01. The van der Waals surface area contributed by atoms with E-state index in [1.165, 1.54) is 6.08 Å². The summed E-state index contributed by atoms with van der Waals surface area (Å²) in [7, 11) is 0. The molecule has 0 radical (unpaired) electrons. The van der Waals surface area contributed by atoms with E-state index in [4.69, 9.17) is 4.74 Å². The quantitative estimate of drug-likeness (QED) is 0.339. The van der Waals surface area contributed by atoms with Crippen LogP contribution < -0.4 is 0 Å². The smallest absolute Gasteiger partial charge is 0.338 e. The molecule has 0 aliphatic heterocycles. The van der Waals surface area contributed by atoms with Crippen molar-refractivity contribution in [3.8, 4) is 0 Å². The fourth-order valence-electron chi connectivity index (χ4n) is 1.19. The second kappa shape index (κ2) is 6.42. The molecule has 0 saturated carbocycles. The number of hydrogen-bond acceptors (Lipinski definition) is 4. The van der Waals surface area contributed by atoms with Gasteiger partial charge in [0.2, 0.25) is 6.54 Å². The first-order chi connectivity index (χ1) is 8.09. The maximum Gasteiger partial charge on any atom is 0.338 e. The molecule has 90 valence electrons. The Balaban J connectivity index is 2.42. The van der Waals surface area contributed by atoms with E-state index in [0.717, 1.165) is 0 Å². The maximum atomic E-state index is 11.5. The van der Waals surface area contributed by atoms with Gasteiger partial charge in [0.15, 0.2) is 0 Å². The third-order valence-corrected chi connectivity index (χ3v) is 2.03. The third-order valence-electron chi connectivity index (χ3n) is 2.03. The van der Waals surface area contributed by atoms with E-state index in [1.54, 1.807) is 37.3 Å². The van der Waals surface area contributed by atoms with Gasteiger partial charge in [-0.25, -0.2) is 4.79 Å². The van der Waals surface area contributed by atoms with E-state index >= 15 is 0 Å². The summed E-state index contributed by atoms with van der Waals surface area (Å²) in [6, 6.07) is 8.58. The number of ether oxygens (including phenoxy) is 1. The van der Waals surface area contributed by atoms with Crippen LogP contribution in [0.4, 0.5) is 0 Å². The molecule has 0 spiro atoms. The molecule has 1 rings (SSSR count). The molecule has 0 aliphatic rings. The fraction of sp³-hybridized carbons (Fsp3) is 0.250. The number of nitrogens with zero attached hydrogens (tertiary/aromatic N) is 1. The van der Waals surface area contributed by atoms with Gasteiger partial charge in [0.1, 0.15) is 6.61 Å². The van der Waals surface area contributed by atoms with Crippen LogP contribution in [0.1, 0.15) is 17.3 Å². The van der Waals surface area contributed by atoms with Crippen LogP contribution in [0.25, 0.3) is 0 Å². The van der Waals surface area contributed by atoms with Gasteiger partial charge >= 0.3 is 5.97 Å². The summed E-state index contributed by atoms with van der Waals surface area (Å²) >= 11 is 0. The predicted molar refractivity (Wildman–Crippen MR) is 62.3 cm³/mol. The highest BCUT2D eigenvalue weighted by Gasteiger charge is 2.05. The third kappa shape index (κ3) is 4.92. The lowest BCUT2D eigenvalue weighted by Crippen LogP contribution is -2.07. The first-order valence-corrected chi connectivity index (χ1v) is 5.09. The molecule has 5 heteroatoms. The van der Waals surface area contributed by atoms with E-state index in [1.807, 2.05) is 0 Å². The summed E-state index contributed by atoms with van der Waals surface area (Å²) in [5, 5.41) is 10.2. The van der Waals surface area contributed by atoms with Crippen LogP contribution in [0.3, 0.4) is 0 Å². The highest BCUT2D eigenvalue weighted by molar-refractivity contribution is 5.89. The second-order valence-electron chi connectivity index (χ2n) is 3.51. The van der Waals surface area contributed by atoms with Crippen molar-refractivity contribution in [1.29, 1.82) is 0 Å². The highest BCUT2D eigenvalue weighted by Crippen LogP contribution is 2.01. The molecule has 0 unspecified atom stereocenters. The summed E-state index contributed by atoms with van der Waals surface area (Å²) in [5.74, 6) is -0.434. The first-order valence-electron chi connectivity index (χ1n) is 5.09. The summed E-state index contributed by atoms with van der Waals surface area (Å²) in [6.45, 7) is 1.44. The lowest BCUT2D eigenvalue weighted by molar-refractivity contribution is -0.470. The van der Waals surface area contributed by atoms with Crippen LogP contribution in [-0.4, -0.2) is 24.0 Å². The van der Waals surface area contributed by atoms with E-state index in [0.29, 0.717) is 11.1 Å². The van der Waals surface area contributed by atoms with Gasteiger partial charge in [-0.05, 0) is 30.7 Å². The largest absolute Gasteiger partial charge is 0.458 e. The minimum absolute atomic E-state index is 0.0490. The zero-order valence-corrected chi connectivity index (χ0v) is 9.46. The van der Waals surface area contributed by atoms with Crippen molar-refractivity contribution in [1.82, 2.24) is 0 Å². The van der Waals surface area contributed by atoms with Gasteiger partial charge in [-0.1, -0.05) is 18.2 Å². The van der Waals surface area contributed by atoms with Crippen molar-refractivity contribution in [3.63, 3.8) is 0 Å². The molecule has 0 N–H and O–H groups in total. The molecule has 0 saturated heterocycles. The first kappa shape index (κ1) is 12.9. The predicted octanol–water partition coefficient (Wildman–Crippen LogP) is 2.07. The normalized spacial score (nSPS) is 11.0. The van der Waals surface area contributed by atoms with Crippen LogP contribution in [0.5, 0.6) is 0 Å². The molecule has 1 aromatic carbocycles. The summed E-state index contributed by atoms with van der Waals surface area (Å²) in [6.07, 6.45) is 1.53.